The van der Waals surface area contributed by atoms with Crippen molar-refractivity contribution in [3.05, 3.63) is 0 Å². The Morgan fingerprint density at radius 2 is 1.90 bits per heavy atom. The number of morpholine rings is 1. The Kier molecular flexibility index (Phi) is 5.00. The lowest BCUT2D eigenvalue weighted by atomic mass is 10.1. The fourth-order valence-corrected chi connectivity index (χ4v) is 4.18. The van der Waals surface area contributed by atoms with Crippen LogP contribution in [0.2, 0.25) is 0 Å². The number of carbonyl (C=O) groups excluding carboxylic acids is 1. The lowest BCUT2D eigenvalue weighted by Gasteiger charge is -2.35. The van der Waals surface area contributed by atoms with Crippen molar-refractivity contribution in [1.82, 2.24) is 14.3 Å². The number of rotatable bonds is 3. The van der Waals surface area contributed by atoms with E-state index in [-0.39, 0.29) is 18.1 Å². The van der Waals surface area contributed by atoms with Gasteiger partial charge in [0.05, 0.1) is 12.2 Å². The molecule has 2 N–H and O–H groups in total. The summed E-state index contributed by atoms with van der Waals surface area (Å²) in [4.78, 5) is 11.8. The molecule has 0 saturated carbocycles. The van der Waals surface area contributed by atoms with Gasteiger partial charge in [0.2, 0.25) is 5.91 Å². The molecule has 0 aliphatic carbocycles. The predicted molar refractivity (Wildman–Crippen MR) is 74.3 cm³/mol. The summed E-state index contributed by atoms with van der Waals surface area (Å²) in [5.41, 5.74) is 0. The minimum absolute atomic E-state index is 0.140. The van der Waals surface area contributed by atoms with Crippen LogP contribution in [-0.4, -0.2) is 56.5 Å². The van der Waals surface area contributed by atoms with E-state index < -0.39 is 16.3 Å². The molecule has 2 rings (SSSR count). The Labute approximate surface area is 120 Å². The van der Waals surface area contributed by atoms with Crippen LogP contribution in [0.25, 0.3) is 0 Å². The van der Waals surface area contributed by atoms with E-state index in [0.29, 0.717) is 26.1 Å². The van der Waals surface area contributed by atoms with E-state index in [1.807, 2.05) is 13.8 Å². The normalized spacial score (nSPS) is 33.5. The molecule has 0 radical (unpaired) electrons. The second-order valence-corrected chi connectivity index (χ2v) is 7.24. The molecule has 3 atom stereocenters. The van der Waals surface area contributed by atoms with Gasteiger partial charge in [0, 0.05) is 19.6 Å². The van der Waals surface area contributed by atoms with Crippen molar-refractivity contribution < 1.29 is 17.9 Å². The van der Waals surface area contributed by atoms with Crippen LogP contribution in [-0.2, 0) is 19.7 Å². The third kappa shape index (κ3) is 3.91. The third-order valence-electron chi connectivity index (χ3n) is 3.55. The van der Waals surface area contributed by atoms with Gasteiger partial charge in [-0.05, 0) is 33.1 Å². The summed E-state index contributed by atoms with van der Waals surface area (Å²) < 4.78 is 34.2. The number of hydrogen-bond acceptors (Lipinski definition) is 4. The zero-order valence-corrected chi connectivity index (χ0v) is 12.8. The van der Waals surface area contributed by atoms with Crippen molar-refractivity contribution in [1.29, 1.82) is 0 Å². The molecule has 2 aliphatic rings. The molecule has 8 heteroatoms. The largest absolute Gasteiger partial charge is 0.373 e. The van der Waals surface area contributed by atoms with Crippen molar-refractivity contribution in [2.75, 3.05) is 19.6 Å². The highest BCUT2D eigenvalue weighted by atomic mass is 32.2. The van der Waals surface area contributed by atoms with Gasteiger partial charge in [0.1, 0.15) is 6.04 Å². The lowest BCUT2D eigenvalue weighted by Crippen LogP contribution is -2.55. The second kappa shape index (κ2) is 6.38. The maximum absolute atomic E-state index is 12.4. The van der Waals surface area contributed by atoms with Gasteiger partial charge < -0.3 is 10.1 Å². The Morgan fingerprint density at radius 1 is 1.25 bits per heavy atom. The lowest BCUT2D eigenvalue weighted by molar-refractivity contribution is -0.122. The summed E-state index contributed by atoms with van der Waals surface area (Å²) in [6.07, 6.45) is 1.98. The fourth-order valence-electron chi connectivity index (χ4n) is 2.63. The molecule has 0 bridgehead atoms. The first-order valence-electron chi connectivity index (χ1n) is 7.09. The minimum atomic E-state index is -3.66. The van der Waals surface area contributed by atoms with Crippen LogP contribution in [0.4, 0.5) is 0 Å². The van der Waals surface area contributed by atoms with E-state index in [4.69, 9.17) is 4.74 Å². The van der Waals surface area contributed by atoms with Gasteiger partial charge in [-0.3, -0.25) is 4.79 Å². The Bertz CT molecular complexity index is 444. The SMILES string of the molecule is CC1CN(S(=O)(=O)NC2CCCCNC2=O)CC(C)O1. The number of nitrogens with one attached hydrogen (secondary N) is 2. The quantitative estimate of drug-likeness (QED) is 0.742. The Balaban J connectivity index is 2.04. The summed E-state index contributed by atoms with van der Waals surface area (Å²) >= 11 is 0. The van der Waals surface area contributed by atoms with Crippen molar-refractivity contribution >= 4 is 16.1 Å². The average Bonchev–Trinajstić information content (AvgIpc) is 2.53. The highest BCUT2D eigenvalue weighted by Gasteiger charge is 2.34. The van der Waals surface area contributed by atoms with Crippen molar-refractivity contribution in [3.63, 3.8) is 0 Å². The molecular formula is C12H23N3O4S. The van der Waals surface area contributed by atoms with Crippen LogP contribution in [0.15, 0.2) is 0 Å². The molecule has 0 spiro atoms. The first kappa shape index (κ1) is 15.7. The van der Waals surface area contributed by atoms with Crippen LogP contribution in [0.1, 0.15) is 33.1 Å². The van der Waals surface area contributed by atoms with Gasteiger partial charge in [-0.1, -0.05) is 0 Å². The number of hydrogen-bond donors (Lipinski definition) is 2. The smallest absolute Gasteiger partial charge is 0.280 e. The Morgan fingerprint density at radius 3 is 2.55 bits per heavy atom. The van der Waals surface area contributed by atoms with Gasteiger partial charge in [-0.25, -0.2) is 0 Å². The number of nitrogens with zero attached hydrogens (tertiary/aromatic N) is 1. The van der Waals surface area contributed by atoms with E-state index in [1.165, 1.54) is 4.31 Å². The number of amides is 1. The molecule has 2 heterocycles. The van der Waals surface area contributed by atoms with E-state index in [1.54, 1.807) is 0 Å². The number of ether oxygens (including phenoxy) is 1. The van der Waals surface area contributed by atoms with Crippen molar-refractivity contribution in [2.24, 2.45) is 0 Å². The van der Waals surface area contributed by atoms with Gasteiger partial charge >= 0.3 is 0 Å². The first-order chi connectivity index (χ1) is 9.38. The molecule has 2 aliphatic heterocycles. The summed E-state index contributed by atoms with van der Waals surface area (Å²) in [5.74, 6) is -0.236. The Hall–Kier alpha value is -0.700. The molecule has 0 aromatic heterocycles. The topological polar surface area (TPSA) is 87.7 Å². The predicted octanol–water partition coefficient (Wildman–Crippen LogP) is -0.401. The molecular weight excluding hydrogens is 282 g/mol. The minimum Gasteiger partial charge on any atom is -0.373 e. The molecule has 0 aromatic rings. The molecule has 116 valence electrons. The molecule has 20 heavy (non-hydrogen) atoms. The zero-order valence-electron chi connectivity index (χ0n) is 12.0. The van der Waals surface area contributed by atoms with Crippen LogP contribution >= 0.6 is 0 Å². The van der Waals surface area contributed by atoms with E-state index in [0.717, 1.165) is 12.8 Å². The summed E-state index contributed by atoms with van der Waals surface area (Å²) in [5, 5.41) is 2.73. The molecule has 2 saturated heterocycles. The fraction of sp³-hybridized carbons (Fsp3) is 0.917. The summed E-state index contributed by atoms with van der Waals surface area (Å²) in [7, 11) is -3.66. The second-order valence-electron chi connectivity index (χ2n) is 5.54. The average molecular weight is 305 g/mol. The van der Waals surface area contributed by atoms with E-state index in [9.17, 15) is 13.2 Å². The van der Waals surface area contributed by atoms with Gasteiger partial charge in [-0.15, -0.1) is 0 Å². The van der Waals surface area contributed by atoms with Crippen LogP contribution < -0.4 is 10.0 Å². The third-order valence-corrected chi connectivity index (χ3v) is 5.11. The van der Waals surface area contributed by atoms with Crippen LogP contribution in [0.5, 0.6) is 0 Å². The standard InChI is InChI=1S/C12H23N3O4S/c1-9-7-15(8-10(2)19-9)20(17,18)14-11-5-3-4-6-13-12(11)16/h9-11,14H,3-8H2,1-2H3,(H,13,16). The highest BCUT2D eigenvalue weighted by molar-refractivity contribution is 7.87. The molecule has 3 unspecified atom stereocenters. The van der Waals surface area contributed by atoms with Crippen LogP contribution in [0, 0.1) is 0 Å². The van der Waals surface area contributed by atoms with E-state index in [2.05, 4.69) is 10.0 Å². The summed E-state index contributed by atoms with van der Waals surface area (Å²) in [6, 6.07) is -0.670. The maximum Gasteiger partial charge on any atom is 0.280 e. The van der Waals surface area contributed by atoms with Gasteiger partial charge in [0.15, 0.2) is 0 Å². The van der Waals surface area contributed by atoms with E-state index >= 15 is 0 Å². The molecule has 2 fully saturated rings. The molecule has 1 amide bonds. The van der Waals surface area contributed by atoms with Crippen LogP contribution in [0.3, 0.4) is 0 Å². The van der Waals surface area contributed by atoms with Crippen molar-refractivity contribution in [3.8, 4) is 0 Å². The first-order valence-corrected chi connectivity index (χ1v) is 8.53. The number of carbonyl (C=O) groups is 1. The van der Waals surface area contributed by atoms with Gasteiger partial charge in [-0.2, -0.15) is 17.4 Å². The highest BCUT2D eigenvalue weighted by Crippen LogP contribution is 2.15. The molecule has 7 nitrogen and oxygen atoms in total. The maximum atomic E-state index is 12.4. The monoisotopic (exact) mass is 305 g/mol. The molecule has 0 aromatic carbocycles. The summed E-state index contributed by atoms with van der Waals surface area (Å²) in [6.45, 7) is 4.93. The van der Waals surface area contributed by atoms with Gasteiger partial charge in [0.25, 0.3) is 10.2 Å². The zero-order chi connectivity index (χ0) is 14.8. The van der Waals surface area contributed by atoms with Crippen molar-refractivity contribution in [2.45, 2.75) is 51.4 Å².